The van der Waals surface area contributed by atoms with Crippen molar-refractivity contribution in [3.8, 4) is 0 Å². The Morgan fingerprint density at radius 2 is 2.32 bits per heavy atom. The summed E-state index contributed by atoms with van der Waals surface area (Å²) in [4.78, 5) is 14.1. The molecule has 0 saturated carbocycles. The summed E-state index contributed by atoms with van der Waals surface area (Å²) >= 11 is 9.38. The van der Waals surface area contributed by atoms with E-state index < -0.39 is 0 Å². The summed E-state index contributed by atoms with van der Waals surface area (Å²) in [5.74, 6) is 0. The zero-order valence-corrected chi connectivity index (χ0v) is 13.0. The second-order valence-electron chi connectivity index (χ2n) is 4.47. The van der Waals surface area contributed by atoms with Crippen molar-refractivity contribution in [2.24, 2.45) is 0 Å². The third-order valence-electron chi connectivity index (χ3n) is 3.14. The summed E-state index contributed by atoms with van der Waals surface area (Å²) in [6, 6.07) is 5.43. The highest BCUT2D eigenvalue weighted by molar-refractivity contribution is 9.10. The fourth-order valence-corrected chi connectivity index (χ4v) is 2.52. The molecule has 1 aromatic carbocycles. The van der Waals surface area contributed by atoms with Crippen LogP contribution in [0.1, 0.15) is 13.3 Å². The molecule has 19 heavy (non-hydrogen) atoms. The summed E-state index contributed by atoms with van der Waals surface area (Å²) in [6.07, 6.45) is 0.851. The van der Waals surface area contributed by atoms with Crippen LogP contribution in [0, 0.1) is 0 Å². The summed E-state index contributed by atoms with van der Waals surface area (Å²) in [6.45, 7) is 3.91. The van der Waals surface area contributed by atoms with Gasteiger partial charge in [0.15, 0.2) is 0 Å². The van der Waals surface area contributed by atoms with Gasteiger partial charge in [0.25, 0.3) is 0 Å². The molecular formula is C13H16BrClN2O2. The van der Waals surface area contributed by atoms with Gasteiger partial charge in [-0.1, -0.05) is 17.7 Å². The molecule has 0 aliphatic carbocycles. The van der Waals surface area contributed by atoms with Gasteiger partial charge in [-0.25, -0.2) is 4.79 Å². The molecule has 1 fully saturated rings. The van der Waals surface area contributed by atoms with Gasteiger partial charge in [-0.15, -0.1) is 0 Å². The van der Waals surface area contributed by atoms with E-state index in [1.807, 2.05) is 13.0 Å². The molecule has 1 aromatic rings. The molecule has 4 nitrogen and oxygen atoms in total. The maximum atomic E-state index is 12.3. The Kier molecular flexibility index (Phi) is 5.07. The lowest BCUT2D eigenvalue weighted by Crippen LogP contribution is -2.42. The minimum atomic E-state index is -0.124. The molecule has 0 unspecified atom stereocenters. The number of nitrogens with one attached hydrogen (secondary N) is 1. The molecule has 0 spiro atoms. The van der Waals surface area contributed by atoms with Crippen LogP contribution in [0.5, 0.6) is 0 Å². The maximum Gasteiger partial charge on any atom is 0.322 e. The summed E-state index contributed by atoms with van der Waals surface area (Å²) in [5.41, 5.74) is 0.676. The SMILES string of the molecule is C[C@@H]1CCOCCN1C(=O)Nc1cccc(Cl)c1Br. The van der Waals surface area contributed by atoms with E-state index in [1.54, 1.807) is 17.0 Å². The van der Waals surface area contributed by atoms with E-state index in [-0.39, 0.29) is 12.1 Å². The van der Waals surface area contributed by atoms with E-state index in [0.29, 0.717) is 34.9 Å². The Labute approximate surface area is 126 Å². The first-order valence-electron chi connectivity index (χ1n) is 6.19. The second kappa shape index (κ2) is 6.59. The van der Waals surface area contributed by atoms with Crippen LogP contribution in [-0.4, -0.2) is 36.7 Å². The number of urea groups is 1. The molecule has 1 N–H and O–H groups in total. The quantitative estimate of drug-likeness (QED) is 0.840. The first-order valence-corrected chi connectivity index (χ1v) is 7.36. The van der Waals surface area contributed by atoms with Crippen LogP contribution in [0.3, 0.4) is 0 Å². The Morgan fingerprint density at radius 3 is 3.11 bits per heavy atom. The number of amides is 2. The largest absolute Gasteiger partial charge is 0.380 e. The molecule has 1 saturated heterocycles. The number of carbonyl (C=O) groups excluding carboxylic acids is 1. The third kappa shape index (κ3) is 3.61. The minimum Gasteiger partial charge on any atom is -0.380 e. The van der Waals surface area contributed by atoms with Gasteiger partial charge in [0, 0.05) is 19.2 Å². The highest BCUT2D eigenvalue weighted by Gasteiger charge is 2.22. The van der Waals surface area contributed by atoms with E-state index in [2.05, 4.69) is 21.2 Å². The lowest BCUT2D eigenvalue weighted by molar-refractivity contribution is 0.143. The van der Waals surface area contributed by atoms with Crippen LogP contribution in [0.15, 0.2) is 22.7 Å². The second-order valence-corrected chi connectivity index (χ2v) is 5.68. The normalized spacial score (nSPS) is 19.9. The Bertz CT molecular complexity index is 470. The van der Waals surface area contributed by atoms with Crippen LogP contribution in [0.4, 0.5) is 10.5 Å². The topological polar surface area (TPSA) is 41.6 Å². The highest BCUT2D eigenvalue weighted by atomic mass is 79.9. The Morgan fingerprint density at radius 1 is 1.53 bits per heavy atom. The van der Waals surface area contributed by atoms with Gasteiger partial charge in [0.2, 0.25) is 0 Å². The predicted molar refractivity (Wildman–Crippen MR) is 79.8 cm³/mol. The average Bonchev–Trinajstić information content (AvgIpc) is 2.59. The standard InChI is InChI=1S/C13H16BrClN2O2/c1-9-5-7-19-8-6-17(9)13(18)16-11-4-2-3-10(15)12(11)14/h2-4,9H,5-8H2,1H3,(H,16,18)/t9-/m1/s1. The van der Waals surface area contributed by atoms with Crippen LogP contribution in [0.25, 0.3) is 0 Å². The molecule has 6 heteroatoms. The number of hydrogen-bond acceptors (Lipinski definition) is 2. The van der Waals surface area contributed by atoms with E-state index in [9.17, 15) is 4.79 Å². The monoisotopic (exact) mass is 346 g/mol. The number of halogens is 2. The molecule has 2 amide bonds. The Hall–Kier alpha value is -0.780. The minimum absolute atomic E-state index is 0.124. The fourth-order valence-electron chi connectivity index (χ4n) is 1.98. The van der Waals surface area contributed by atoms with Crippen LogP contribution >= 0.6 is 27.5 Å². The lowest BCUT2D eigenvalue weighted by atomic mass is 10.2. The van der Waals surface area contributed by atoms with Gasteiger partial charge in [-0.05, 0) is 41.4 Å². The molecule has 1 heterocycles. The summed E-state index contributed by atoms with van der Waals surface area (Å²) in [7, 11) is 0. The van der Waals surface area contributed by atoms with Crippen molar-refractivity contribution in [2.75, 3.05) is 25.1 Å². The fraction of sp³-hybridized carbons (Fsp3) is 0.462. The number of benzene rings is 1. The van der Waals surface area contributed by atoms with Crippen molar-refractivity contribution in [1.29, 1.82) is 0 Å². The number of rotatable bonds is 1. The van der Waals surface area contributed by atoms with Gasteiger partial charge >= 0.3 is 6.03 Å². The van der Waals surface area contributed by atoms with Crippen molar-refractivity contribution in [3.05, 3.63) is 27.7 Å². The maximum absolute atomic E-state index is 12.3. The van der Waals surface area contributed by atoms with E-state index >= 15 is 0 Å². The molecule has 0 radical (unpaired) electrons. The molecule has 0 bridgehead atoms. The number of ether oxygens (including phenoxy) is 1. The first-order chi connectivity index (χ1) is 9.09. The van der Waals surface area contributed by atoms with Gasteiger partial charge in [-0.2, -0.15) is 0 Å². The highest BCUT2D eigenvalue weighted by Crippen LogP contribution is 2.30. The molecule has 2 rings (SSSR count). The van der Waals surface area contributed by atoms with Gasteiger partial charge < -0.3 is 15.0 Å². The molecule has 104 valence electrons. The zero-order valence-electron chi connectivity index (χ0n) is 10.7. The van der Waals surface area contributed by atoms with Crippen LogP contribution in [-0.2, 0) is 4.74 Å². The smallest absolute Gasteiger partial charge is 0.322 e. The van der Waals surface area contributed by atoms with Crippen molar-refractivity contribution >= 4 is 39.2 Å². The first kappa shape index (κ1) is 14.6. The van der Waals surface area contributed by atoms with Crippen molar-refractivity contribution in [2.45, 2.75) is 19.4 Å². The summed E-state index contributed by atoms with van der Waals surface area (Å²) < 4.78 is 6.08. The Balaban J connectivity index is 2.09. The van der Waals surface area contributed by atoms with E-state index in [1.165, 1.54) is 0 Å². The van der Waals surface area contributed by atoms with E-state index in [4.69, 9.17) is 16.3 Å². The predicted octanol–water partition coefficient (Wildman–Crippen LogP) is 3.75. The van der Waals surface area contributed by atoms with E-state index in [0.717, 1.165) is 6.42 Å². The van der Waals surface area contributed by atoms with Crippen molar-refractivity contribution in [1.82, 2.24) is 4.90 Å². The molecule has 1 aliphatic rings. The number of anilines is 1. The third-order valence-corrected chi connectivity index (χ3v) is 4.54. The van der Waals surface area contributed by atoms with Gasteiger partial charge in [-0.3, -0.25) is 0 Å². The van der Waals surface area contributed by atoms with Crippen molar-refractivity contribution < 1.29 is 9.53 Å². The van der Waals surface area contributed by atoms with Crippen LogP contribution in [0.2, 0.25) is 5.02 Å². The molecule has 1 atom stereocenters. The lowest BCUT2D eigenvalue weighted by Gasteiger charge is -2.26. The van der Waals surface area contributed by atoms with Gasteiger partial charge in [0.1, 0.15) is 0 Å². The number of nitrogens with zero attached hydrogens (tertiary/aromatic N) is 1. The summed E-state index contributed by atoms with van der Waals surface area (Å²) in [5, 5.41) is 3.45. The van der Waals surface area contributed by atoms with Crippen molar-refractivity contribution in [3.63, 3.8) is 0 Å². The van der Waals surface area contributed by atoms with Crippen LogP contribution < -0.4 is 5.32 Å². The number of carbonyl (C=O) groups is 1. The van der Waals surface area contributed by atoms with Gasteiger partial charge in [0.05, 0.1) is 21.8 Å². The molecule has 1 aliphatic heterocycles. The number of hydrogen-bond donors (Lipinski definition) is 1. The molecular weight excluding hydrogens is 332 g/mol. The zero-order chi connectivity index (χ0) is 13.8. The molecule has 0 aromatic heterocycles. The average molecular weight is 348 g/mol.